The summed E-state index contributed by atoms with van der Waals surface area (Å²) in [6.45, 7) is -0.656. The standard InChI is InChI=1S/C8H13F4NO4S/c1-7(9,8(10,11)12)3-4-18(16,17)13(2)5-6(14)15/h3-5H2,1-2H3,(H,14,15). The largest absolute Gasteiger partial charge is 0.480 e. The molecule has 0 saturated heterocycles. The zero-order valence-corrected chi connectivity index (χ0v) is 10.5. The molecule has 108 valence electrons. The first-order valence-corrected chi connectivity index (χ1v) is 6.32. The van der Waals surface area contributed by atoms with Crippen LogP contribution in [0.25, 0.3) is 0 Å². The smallest absolute Gasteiger partial charge is 0.422 e. The lowest BCUT2D eigenvalue weighted by Crippen LogP contribution is -2.41. The number of hydrogen-bond acceptors (Lipinski definition) is 3. The maximum atomic E-state index is 13.1. The van der Waals surface area contributed by atoms with Crippen LogP contribution in [-0.2, 0) is 14.8 Å². The van der Waals surface area contributed by atoms with Crippen molar-refractivity contribution in [3.05, 3.63) is 0 Å². The Morgan fingerprint density at radius 3 is 2.06 bits per heavy atom. The van der Waals surface area contributed by atoms with Gasteiger partial charge in [0.05, 0.1) is 5.75 Å². The molecule has 18 heavy (non-hydrogen) atoms. The van der Waals surface area contributed by atoms with Gasteiger partial charge in [-0.05, 0) is 6.92 Å². The number of alkyl halides is 4. The van der Waals surface area contributed by atoms with E-state index in [1.807, 2.05) is 0 Å². The van der Waals surface area contributed by atoms with Gasteiger partial charge in [0.15, 0.2) is 0 Å². The van der Waals surface area contributed by atoms with Crippen LogP contribution in [0.5, 0.6) is 0 Å². The first-order valence-electron chi connectivity index (χ1n) is 4.71. The van der Waals surface area contributed by atoms with Crippen LogP contribution in [0, 0.1) is 0 Å². The van der Waals surface area contributed by atoms with Crippen molar-refractivity contribution >= 4 is 16.0 Å². The molecular formula is C8H13F4NO4S. The molecule has 1 atom stereocenters. The minimum Gasteiger partial charge on any atom is -0.480 e. The zero-order valence-electron chi connectivity index (χ0n) is 9.66. The van der Waals surface area contributed by atoms with Crippen LogP contribution in [0.3, 0.4) is 0 Å². The van der Waals surface area contributed by atoms with Gasteiger partial charge in [0.2, 0.25) is 15.7 Å². The van der Waals surface area contributed by atoms with Gasteiger partial charge in [-0.3, -0.25) is 4.79 Å². The molecule has 10 heteroatoms. The summed E-state index contributed by atoms with van der Waals surface area (Å²) in [5.41, 5.74) is -3.63. The molecule has 0 aromatic rings. The van der Waals surface area contributed by atoms with E-state index in [9.17, 15) is 30.8 Å². The Balaban J connectivity index is 4.68. The molecule has 0 bridgehead atoms. The number of aliphatic carboxylic acids is 1. The Kier molecular flexibility index (Phi) is 5.12. The normalized spacial score (nSPS) is 16.6. The number of halogens is 4. The monoisotopic (exact) mass is 295 g/mol. The fraction of sp³-hybridized carbons (Fsp3) is 0.875. The van der Waals surface area contributed by atoms with Gasteiger partial charge >= 0.3 is 12.1 Å². The molecule has 0 heterocycles. The van der Waals surface area contributed by atoms with Gasteiger partial charge < -0.3 is 5.11 Å². The minimum atomic E-state index is -5.17. The van der Waals surface area contributed by atoms with Gasteiger partial charge in [0.25, 0.3) is 0 Å². The number of nitrogens with zero attached hydrogens (tertiary/aromatic N) is 1. The third-order valence-corrected chi connectivity index (χ3v) is 4.05. The Labute approximate surface area is 101 Å². The molecule has 0 fully saturated rings. The molecule has 0 saturated carbocycles. The van der Waals surface area contributed by atoms with Crippen molar-refractivity contribution in [2.45, 2.75) is 25.2 Å². The second-order valence-corrected chi connectivity index (χ2v) is 6.11. The third-order valence-electron chi connectivity index (χ3n) is 2.25. The first kappa shape index (κ1) is 17.1. The molecule has 5 nitrogen and oxygen atoms in total. The molecule has 0 aromatic carbocycles. The maximum absolute atomic E-state index is 13.1. The van der Waals surface area contributed by atoms with E-state index < -0.39 is 46.6 Å². The molecule has 0 amide bonds. The average molecular weight is 295 g/mol. The quantitative estimate of drug-likeness (QED) is 0.742. The van der Waals surface area contributed by atoms with Crippen molar-refractivity contribution in [3.8, 4) is 0 Å². The SMILES string of the molecule is CN(CC(=O)O)S(=O)(=O)CCC(C)(F)C(F)(F)F. The first-order chi connectivity index (χ1) is 7.79. The predicted octanol–water partition coefficient (Wildman–Crippen LogP) is 1.01. The number of carboxylic acid groups (broad SMARTS) is 1. The van der Waals surface area contributed by atoms with Gasteiger partial charge in [-0.1, -0.05) is 0 Å². The molecule has 1 unspecified atom stereocenters. The lowest BCUT2D eigenvalue weighted by atomic mass is 10.1. The van der Waals surface area contributed by atoms with Crippen molar-refractivity contribution < 1.29 is 35.9 Å². The van der Waals surface area contributed by atoms with Crippen molar-refractivity contribution in [1.29, 1.82) is 0 Å². The number of sulfonamides is 1. The summed E-state index contributed by atoms with van der Waals surface area (Å²) in [6, 6.07) is 0. The lowest BCUT2D eigenvalue weighted by molar-refractivity contribution is -0.224. The van der Waals surface area contributed by atoms with Crippen LogP contribution in [0.15, 0.2) is 0 Å². The predicted molar refractivity (Wildman–Crippen MR) is 54.2 cm³/mol. The van der Waals surface area contributed by atoms with E-state index in [1.54, 1.807) is 0 Å². The van der Waals surface area contributed by atoms with Crippen molar-refractivity contribution in [2.75, 3.05) is 19.3 Å². The molecular weight excluding hydrogens is 282 g/mol. The summed E-state index contributed by atoms with van der Waals surface area (Å²) in [7, 11) is -3.34. The summed E-state index contributed by atoms with van der Waals surface area (Å²) in [4.78, 5) is 10.3. The molecule has 0 aromatic heterocycles. The average Bonchev–Trinajstić information content (AvgIpc) is 2.12. The van der Waals surface area contributed by atoms with Crippen LogP contribution < -0.4 is 0 Å². The topological polar surface area (TPSA) is 74.7 Å². The second-order valence-electron chi connectivity index (χ2n) is 3.91. The number of likely N-dealkylation sites (N-methyl/N-ethyl adjacent to an activating group) is 1. The van der Waals surface area contributed by atoms with Crippen molar-refractivity contribution in [3.63, 3.8) is 0 Å². The Morgan fingerprint density at radius 2 is 1.72 bits per heavy atom. The summed E-state index contributed by atoms with van der Waals surface area (Å²) >= 11 is 0. The highest BCUT2D eigenvalue weighted by Crippen LogP contribution is 2.36. The van der Waals surface area contributed by atoms with E-state index in [-0.39, 0.29) is 6.92 Å². The van der Waals surface area contributed by atoms with Gasteiger partial charge in [-0.15, -0.1) is 0 Å². The van der Waals surface area contributed by atoms with Gasteiger partial charge in [-0.25, -0.2) is 12.8 Å². The Hall–Kier alpha value is -0.900. The van der Waals surface area contributed by atoms with E-state index in [2.05, 4.69) is 0 Å². The molecule has 0 aliphatic heterocycles. The maximum Gasteiger partial charge on any atom is 0.422 e. The van der Waals surface area contributed by atoms with Crippen molar-refractivity contribution in [2.24, 2.45) is 0 Å². The van der Waals surface area contributed by atoms with Gasteiger partial charge in [-0.2, -0.15) is 17.5 Å². The van der Waals surface area contributed by atoms with Crippen LogP contribution in [0.1, 0.15) is 13.3 Å². The molecule has 0 spiro atoms. The highest BCUT2D eigenvalue weighted by atomic mass is 32.2. The van der Waals surface area contributed by atoms with Crippen LogP contribution >= 0.6 is 0 Å². The Morgan fingerprint density at radius 1 is 1.28 bits per heavy atom. The van der Waals surface area contributed by atoms with E-state index in [0.29, 0.717) is 4.31 Å². The summed E-state index contributed by atoms with van der Waals surface area (Å²) in [5, 5.41) is 8.34. The molecule has 1 N–H and O–H groups in total. The second kappa shape index (κ2) is 5.39. The molecule has 0 rings (SSSR count). The molecule has 0 radical (unpaired) electrons. The van der Waals surface area contributed by atoms with Crippen LogP contribution in [-0.4, -0.2) is 55.0 Å². The van der Waals surface area contributed by atoms with Crippen LogP contribution in [0.4, 0.5) is 17.6 Å². The number of hydrogen-bond donors (Lipinski definition) is 1. The van der Waals surface area contributed by atoms with Crippen LogP contribution in [0.2, 0.25) is 0 Å². The number of carbonyl (C=O) groups is 1. The van der Waals surface area contributed by atoms with E-state index in [0.717, 1.165) is 7.05 Å². The minimum absolute atomic E-state index is 0.236. The molecule has 0 aliphatic carbocycles. The zero-order chi connectivity index (χ0) is 14.8. The number of carboxylic acids is 1. The highest BCUT2D eigenvalue weighted by Gasteiger charge is 2.52. The highest BCUT2D eigenvalue weighted by molar-refractivity contribution is 7.89. The van der Waals surface area contributed by atoms with E-state index >= 15 is 0 Å². The Bertz CT molecular complexity index is 404. The fourth-order valence-electron chi connectivity index (χ4n) is 0.907. The fourth-order valence-corrected chi connectivity index (χ4v) is 2.17. The number of rotatable bonds is 6. The summed E-state index contributed by atoms with van der Waals surface area (Å²) in [5.74, 6) is -2.58. The van der Waals surface area contributed by atoms with E-state index in [4.69, 9.17) is 5.11 Å². The van der Waals surface area contributed by atoms with Crippen molar-refractivity contribution in [1.82, 2.24) is 4.31 Å². The molecule has 0 aliphatic rings. The third kappa shape index (κ3) is 4.77. The lowest BCUT2D eigenvalue weighted by Gasteiger charge is -2.24. The van der Waals surface area contributed by atoms with Gasteiger partial charge in [0.1, 0.15) is 6.54 Å². The van der Waals surface area contributed by atoms with E-state index in [1.165, 1.54) is 0 Å². The summed E-state index contributed by atoms with van der Waals surface area (Å²) in [6.07, 6.45) is -6.46. The van der Waals surface area contributed by atoms with Gasteiger partial charge in [0, 0.05) is 13.5 Å². The summed E-state index contributed by atoms with van der Waals surface area (Å²) < 4.78 is 72.7.